The number of hydrogen-bond donors (Lipinski definition) is 2. The van der Waals surface area contributed by atoms with Gasteiger partial charge in [0.05, 0.1) is 11.0 Å². The molecule has 1 heterocycles. The van der Waals surface area contributed by atoms with E-state index in [9.17, 15) is 9.59 Å². The summed E-state index contributed by atoms with van der Waals surface area (Å²) in [7, 11) is 1.57. The Labute approximate surface area is 195 Å². The van der Waals surface area contributed by atoms with E-state index in [-0.39, 0.29) is 18.1 Å². The number of carbonyl (C=O) groups is 2. The van der Waals surface area contributed by atoms with E-state index in [4.69, 9.17) is 14.2 Å². The lowest BCUT2D eigenvalue weighted by molar-refractivity contribution is -0.139. The molecule has 0 aromatic heterocycles. The zero-order chi connectivity index (χ0) is 23.8. The van der Waals surface area contributed by atoms with Crippen molar-refractivity contribution >= 4 is 11.8 Å². The van der Waals surface area contributed by atoms with E-state index >= 15 is 0 Å². The molecule has 0 radical (unpaired) electrons. The van der Waals surface area contributed by atoms with Gasteiger partial charge >= 0.3 is 0 Å². The molecule has 7 nitrogen and oxygen atoms in total. The first-order valence-corrected chi connectivity index (χ1v) is 11.5. The first kappa shape index (κ1) is 24.7. The molecule has 0 spiro atoms. The number of hydrogen-bond acceptors (Lipinski definition) is 5. The lowest BCUT2D eigenvalue weighted by atomic mass is 9.77. The van der Waals surface area contributed by atoms with Gasteiger partial charge in [-0.1, -0.05) is 30.3 Å². The first-order valence-electron chi connectivity index (χ1n) is 11.5. The zero-order valence-electron chi connectivity index (χ0n) is 19.9. The molecule has 3 rings (SSSR count). The maximum absolute atomic E-state index is 13.0. The maximum atomic E-state index is 13.0. The average Bonchev–Trinajstić information content (AvgIpc) is 3.19. The van der Waals surface area contributed by atoms with Gasteiger partial charge < -0.3 is 24.8 Å². The summed E-state index contributed by atoms with van der Waals surface area (Å²) in [5.74, 6) is 0.0256. The van der Waals surface area contributed by atoms with E-state index in [0.717, 1.165) is 11.1 Å². The van der Waals surface area contributed by atoms with Crippen LogP contribution < -0.4 is 15.4 Å². The smallest absolute Gasteiger partial charge is 0.254 e. The minimum Gasteiger partial charge on any atom is -0.491 e. The topological polar surface area (TPSA) is 85.9 Å². The first-order chi connectivity index (χ1) is 15.9. The number of benzene rings is 2. The van der Waals surface area contributed by atoms with Gasteiger partial charge in [0, 0.05) is 44.4 Å². The van der Waals surface area contributed by atoms with Crippen molar-refractivity contribution in [2.45, 2.75) is 45.3 Å². The van der Waals surface area contributed by atoms with Crippen LogP contribution >= 0.6 is 0 Å². The Morgan fingerprint density at radius 1 is 1.09 bits per heavy atom. The second-order valence-corrected chi connectivity index (χ2v) is 8.20. The lowest BCUT2D eigenvalue weighted by Crippen LogP contribution is -2.28. The van der Waals surface area contributed by atoms with Gasteiger partial charge in [0.2, 0.25) is 0 Å². The highest BCUT2D eigenvalue weighted by Gasteiger charge is 2.40. The highest BCUT2D eigenvalue weighted by atomic mass is 16.7. The summed E-state index contributed by atoms with van der Waals surface area (Å²) in [6.07, 6.45) is 1.14. The predicted molar refractivity (Wildman–Crippen MR) is 127 cm³/mol. The summed E-state index contributed by atoms with van der Waals surface area (Å²) in [4.78, 5) is 25.6. The van der Waals surface area contributed by atoms with Crippen molar-refractivity contribution in [3.05, 3.63) is 64.7 Å². The number of amides is 2. The summed E-state index contributed by atoms with van der Waals surface area (Å²) in [6, 6.07) is 13.5. The third kappa shape index (κ3) is 5.54. The molecule has 0 saturated carbocycles. The van der Waals surface area contributed by atoms with Crippen molar-refractivity contribution in [2.24, 2.45) is 0 Å². The quantitative estimate of drug-likeness (QED) is 0.400. The maximum Gasteiger partial charge on any atom is 0.254 e. The fourth-order valence-corrected chi connectivity index (χ4v) is 4.13. The summed E-state index contributed by atoms with van der Waals surface area (Å²) >= 11 is 0. The molecule has 178 valence electrons. The molecular formula is C26H34N2O5. The molecule has 2 N–H and O–H groups in total. The predicted octanol–water partition coefficient (Wildman–Crippen LogP) is 3.65. The van der Waals surface area contributed by atoms with E-state index in [1.807, 2.05) is 50.2 Å². The molecule has 2 aromatic carbocycles. The van der Waals surface area contributed by atoms with E-state index in [0.29, 0.717) is 56.1 Å². The van der Waals surface area contributed by atoms with Gasteiger partial charge in [-0.25, -0.2) is 0 Å². The Balaban J connectivity index is 1.81. The van der Waals surface area contributed by atoms with E-state index in [2.05, 4.69) is 17.6 Å². The van der Waals surface area contributed by atoms with Crippen molar-refractivity contribution in [3.63, 3.8) is 0 Å². The zero-order valence-corrected chi connectivity index (χ0v) is 19.9. The summed E-state index contributed by atoms with van der Waals surface area (Å²) in [5, 5.41) is 5.61. The second-order valence-electron chi connectivity index (χ2n) is 8.20. The Hall–Kier alpha value is -2.90. The van der Waals surface area contributed by atoms with Crippen LogP contribution in [0.15, 0.2) is 42.5 Å². The van der Waals surface area contributed by atoms with Crippen LogP contribution in [-0.2, 0) is 14.9 Å². The molecule has 1 aliphatic rings. The molecule has 0 fully saturated rings. The van der Waals surface area contributed by atoms with E-state index in [1.165, 1.54) is 0 Å². The number of ether oxygens (including phenoxy) is 3. The van der Waals surface area contributed by atoms with Gasteiger partial charge in [0.15, 0.2) is 6.29 Å². The Kier molecular flexibility index (Phi) is 8.47. The molecule has 1 unspecified atom stereocenters. The minimum absolute atomic E-state index is 0.227. The Morgan fingerprint density at radius 3 is 2.42 bits per heavy atom. The van der Waals surface area contributed by atoms with Crippen LogP contribution in [0.5, 0.6) is 5.75 Å². The fraction of sp³-hybridized carbons (Fsp3) is 0.462. The van der Waals surface area contributed by atoms with E-state index in [1.54, 1.807) is 13.1 Å². The fourth-order valence-electron chi connectivity index (χ4n) is 4.13. The monoisotopic (exact) mass is 454 g/mol. The van der Waals surface area contributed by atoms with Gasteiger partial charge in [-0.2, -0.15) is 0 Å². The Bertz CT molecular complexity index is 957. The third-order valence-corrected chi connectivity index (χ3v) is 5.94. The van der Waals surface area contributed by atoms with Gasteiger partial charge in [-0.15, -0.1) is 0 Å². The van der Waals surface area contributed by atoms with Crippen molar-refractivity contribution < 1.29 is 23.8 Å². The number of nitrogens with one attached hydrogen (secondary N) is 2. The van der Waals surface area contributed by atoms with Gasteiger partial charge in [-0.05, 0) is 44.9 Å². The SMILES string of the molecule is CCOC(CCCNC(=O)c1cc(C(=O)NC)c2c(c1)C(C)(c1ccccc1)CO2)OCC. The standard InChI is InChI=1S/C26H34N2O5/c1-5-31-22(32-6-2)13-10-14-28-24(29)18-15-20(25(30)27-4)23-21(16-18)26(3,17-33-23)19-11-8-7-9-12-19/h7-9,11-12,15-16,22H,5-6,10,13-14,17H2,1-4H3,(H,27,30)(H,28,29). The number of fused-ring (bicyclic) bond motifs is 1. The number of rotatable bonds is 11. The van der Waals surface area contributed by atoms with Crippen LogP contribution in [0.1, 0.15) is 65.5 Å². The van der Waals surface area contributed by atoms with E-state index < -0.39 is 5.41 Å². The molecule has 0 saturated heterocycles. The van der Waals surface area contributed by atoms with Crippen LogP contribution in [-0.4, -0.2) is 51.5 Å². The molecular weight excluding hydrogens is 420 g/mol. The molecule has 1 aliphatic heterocycles. The van der Waals surface area contributed by atoms with Crippen LogP contribution in [0, 0.1) is 0 Å². The molecule has 0 bridgehead atoms. The van der Waals surface area contributed by atoms with Gasteiger partial charge in [-0.3, -0.25) is 9.59 Å². The third-order valence-electron chi connectivity index (χ3n) is 5.94. The highest BCUT2D eigenvalue weighted by molar-refractivity contribution is 6.02. The molecule has 33 heavy (non-hydrogen) atoms. The molecule has 2 amide bonds. The largest absolute Gasteiger partial charge is 0.491 e. The second kappa shape index (κ2) is 11.3. The highest BCUT2D eigenvalue weighted by Crippen LogP contribution is 2.45. The summed E-state index contributed by atoms with van der Waals surface area (Å²) < 4.78 is 17.1. The van der Waals surface area contributed by atoms with Gasteiger partial charge in [0.25, 0.3) is 11.8 Å². The molecule has 1 atom stereocenters. The minimum atomic E-state index is -0.460. The van der Waals surface area contributed by atoms with Crippen LogP contribution in [0.2, 0.25) is 0 Å². The van der Waals surface area contributed by atoms with Crippen LogP contribution in [0.25, 0.3) is 0 Å². The van der Waals surface area contributed by atoms with Crippen molar-refractivity contribution in [3.8, 4) is 5.75 Å². The molecule has 2 aromatic rings. The molecule has 0 aliphatic carbocycles. The normalized spacial score (nSPS) is 16.9. The average molecular weight is 455 g/mol. The van der Waals surface area contributed by atoms with Gasteiger partial charge in [0.1, 0.15) is 12.4 Å². The summed E-state index contributed by atoms with van der Waals surface area (Å²) in [6.45, 7) is 7.97. The Morgan fingerprint density at radius 2 is 1.79 bits per heavy atom. The number of carbonyl (C=O) groups excluding carboxylic acids is 2. The molecule has 7 heteroatoms. The van der Waals surface area contributed by atoms with Crippen molar-refractivity contribution in [1.82, 2.24) is 10.6 Å². The van der Waals surface area contributed by atoms with Crippen molar-refractivity contribution in [1.29, 1.82) is 0 Å². The van der Waals surface area contributed by atoms with Crippen LogP contribution in [0.4, 0.5) is 0 Å². The lowest BCUT2D eigenvalue weighted by Gasteiger charge is -2.24. The van der Waals surface area contributed by atoms with Crippen LogP contribution in [0.3, 0.4) is 0 Å². The summed E-state index contributed by atoms with van der Waals surface area (Å²) in [5.41, 5.74) is 2.26. The van der Waals surface area contributed by atoms with Crippen molar-refractivity contribution in [2.75, 3.05) is 33.4 Å².